The number of ether oxygens (including phenoxy) is 1. The molecule has 0 aliphatic heterocycles. The van der Waals surface area contributed by atoms with Crippen molar-refractivity contribution in [2.45, 2.75) is 6.61 Å². The number of nitrogens with zero attached hydrogens (tertiary/aromatic N) is 2. The molecule has 0 radical (unpaired) electrons. The Kier molecular flexibility index (Phi) is 4.38. The highest BCUT2D eigenvalue weighted by Crippen LogP contribution is 2.22. The van der Waals surface area contributed by atoms with Crippen LogP contribution >= 0.6 is 0 Å². The first-order chi connectivity index (χ1) is 13.2. The zero-order valence-electron chi connectivity index (χ0n) is 14.3. The van der Waals surface area contributed by atoms with Crippen molar-refractivity contribution in [3.05, 3.63) is 94.3 Å². The van der Waals surface area contributed by atoms with E-state index in [1.165, 1.54) is 0 Å². The van der Waals surface area contributed by atoms with Crippen LogP contribution in [0.2, 0.25) is 0 Å². The van der Waals surface area contributed by atoms with Gasteiger partial charge in [0.25, 0.3) is 5.56 Å². The first kappa shape index (κ1) is 16.6. The van der Waals surface area contributed by atoms with Gasteiger partial charge in [-0.1, -0.05) is 36.4 Å². The average molecular weight is 353 g/mol. The molecule has 0 aliphatic rings. The van der Waals surface area contributed by atoms with Crippen molar-refractivity contribution in [1.29, 1.82) is 5.26 Å². The SMILES string of the molecule is N#Cc1cccc(COc2cccc(-c3nc4ccccc4c(=O)[nH]3)c2)c1. The molecular formula is C22H15N3O2. The molecule has 4 aromatic rings. The van der Waals surface area contributed by atoms with E-state index in [1.807, 2.05) is 54.6 Å². The van der Waals surface area contributed by atoms with Gasteiger partial charge in [0.05, 0.1) is 22.5 Å². The van der Waals surface area contributed by atoms with Crippen LogP contribution in [0.1, 0.15) is 11.1 Å². The maximum absolute atomic E-state index is 12.3. The van der Waals surface area contributed by atoms with E-state index in [0.717, 1.165) is 11.1 Å². The van der Waals surface area contributed by atoms with Crippen molar-refractivity contribution in [2.24, 2.45) is 0 Å². The Bertz CT molecular complexity index is 1220. The minimum atomic E-state index is -0.171. The molecular weight excluding hydrogens is 338 g/mol. The molecule has 1 N–H and O–H groups in total. The highest BCUT2D eigenvalue weighted by Gasteiger charge is 2.07. The third-order valence-electron chi connectivity index (χ3n) is 4.18. The Morgan fingerprint density at radius 1 is 1.00 bits per heavy atom. The summed E-state index contributed by atoms with van der Waals surface area (Å²) < 4.78 is 5.84. The maximum atomic E-state index is 12.3. The Hall–Kier alpha value is -3.91. The van der Waals surface area contributed by atoms with Crippen molar-refractivity contribution >= 4 is 10.9 Å². The molecule has 0 amide bonds. The Balaban J connectivity index is 1.61. The van der Waals surface area contributed by atoms with E-state index >= 15 is 0 Å². The number of para-hydroxylation sites is 1. The number of nitriles is 1. The number of benzene rings is 3. The van der Waals surface area contributed by atoms with Gasteiger partial charge in [0.2, 0.25) is 0 Å². The fourth-order valence-electron chi connectivity index (χ4n) is 2.85. The van der Waals surface area contributed by atoms with Crippen LogP contribution < -0.4 is 10.3 Å². The van der Waals surface area contributed by atoms with E-state index in [9.17, 15) is 4.79 Å². The number of fused-ring (bicyclic) bond motifs is 1. The van der Waals surface area contributed by atoms with E-state index in [-0.39, 0.29) is 5.56 Å². The molecule has 1 heterocycles. The quantitative estimate of drug-likeness (QED) is 0.600. The molecule has 0 aliphatic carbocycles. The van der Waals surface area contributed by atoms with Crippen molar-refractivity contribution in [3.63, 3.8) is 0 Å². The summed E-state index contributed by atoms with van der Waals surface area (Å²) in [5.74, 6) is 1.15. The van der Waals surface area contributed by atoms with Gasteiger partial charge >= 0.3 is 0 Å². The highest BCUT2D eigenvalue weighted by atomic mass is 16.5. The lowest BCUT2D eigenvalue weighted by Crippen LogP contribution is -2.09. The summed E-state index contributed by atoms with van der Waals surface area (Å²) in [6, 6.07) is 24.0. The zero-order chi connectivity index (χ0) is 18.6. The van der Waals surface area contributed by atoms with Crippen molar-refractivity contribution in [3.8, 4) is 23.2 Å². The van der Waals surface area contributed by atoms with E-state index in [2.05, 4.69) is 16.0 Å². The Labute approximate surface area is 155 Å². The third kappa shape index (κ3) is 3.55. The van der Waals surface area contributed by atoms with Gasteiger partial charge in [-0.3, -0.25) is 4.79 Å². The molecule has 0 saturated carbocycles. The fraction of sp³-hybridized carbons (Fsp3) is 0.0455. The molecule has 0 unspecified atom stereocenters. The van der Waals surface area contributed by atoms with Crippen LogP contribution in [0.3, 0.4) is 0 Å². The predicted molar refractivity (Wildman–Crippen MR) is 103 cm³/mol. The Morgan fingerprint density at radius 2 is 1.85 bits per heavy atom. The smallest absolute Gasteiger partial charge is 0.259 e. The van der Waals surface area contributed by atoms with Gasteiger partial charge < -0.3 is 9.72 Å². The number of H-pyrrole nitrogens is 1. The van der Waals surface area contributed by atoms with Crippen LogP contribution in [0.5, 0.6) is 5.75 Å². The number of nitrogens with one attached hydrogen (secondary N) is 1. The van der Waals surface area contributed by atoms with Crippen LogP contribution in [0.15, 0.2) is 77.6 Å². The average Bonchev–Trinajstić information content (AvgIpc) is 2.72. The second-order valence-corrected chi connectivity index (χ2v) is 6.06. The first-order valence-electron chi connectivity index (χ1n) is 8.44. The van der Waals surface area contributed by atoms with Crippen LogP contribution in [0.4, 0.5) is 0 Å². The van der Waals surface area contributed by atoms with Gasteiger partial charge in [-0.15, -0.1) is 0 Å². The molecule has 0 bridgehead atoms. The number of aromatic amines is 1. The van der Waals surface area contributed by atoms with E-state index in [0.29, 0.717) is 34.6 Å². The molecule has 130 valence electrons. The zero-order valence-corrected chi connectivity index (χ0v) is 14.3. The lowest BCUT2D eigenvalue weighted by molar-refractivity contribution is 0.306. The maximum Gasteiger partial charge on any atom is 0.259 e. The van der Waals surface area contributed by atoms with Gasteiger partial charge in [-0.05, 0) is 42.0 Å². The molecule has 4 rings (SSSR count). The summed E-state index contributed by atoms with van der Waals surface area (Å²) in [4.78, 5) is 19.6. The minimum absolute atomic E-state index is 0.171. The Morgan fingerprint density at radius 3 is 2.74 bits per heavy atom. The molecule has 1 aromatic heterocycles. The van der Waals surface area contributed by atoms with Gasteiger partial charge in [-0.2, -0.15) is 5.26 Å². The molecule has 3 aromatic carbocycles. The van der Waals surface area contributed by atoms with E-state index in [4.69, 9.17) is 10.00 Å². The van der Waals surface area contributed by atoms with Crippen LogP contribution in [-0.2, 0) is 6.61 Å². The molecule has 5 heteroatoms. The van der Waals surface area contributed by atoms with Gasteiger partial charge in [0.1, 0.15) is 18.2 Å². The van der Waals surface area contributed by atoms with Crippen LogP contribution in [0.25, 0.3) is 22.3 Å². The monoisotopic (exact) mass is 353 g/mol. The molecule has 27 heavy (non-hydrogen) atoms. The van der Waals surface area contributed by atoms with Gasteiger partial charge in [0, 0.05) is 5.56 Å². The molecule has 0 spiro atoms. The number of aromatic nitrogens is 2. The lowest BCUT2D eigenvalue weighted by atomic mass is 10.1. The molecule has 0 saturated heterocycles. The second-order valence-electron chi connectivity index (χ2n) is 6.06. The van der Waals surface area contributed by atoms with E-state index < -0.39 is 0 Å². The van der Waals surface area contributed by atoms with Crippen molar-refractivity contribution in [1.82, 2.24) is 9.97 Å². The van der Waals surface area contributed by atoms with Crippen molar-refractivity contribution < 1.29 is 4.74 Å². The van der Waals surface area contributed by atoms with Crippen LogP contribution in [0, 0.1) is 11.3 Å². The van der Waals surface area contributed by atoms with Gasteiger partial charge in [0.15, 0.2) is 0 Å². The lowest BCUT2D eigenvalue weighted by Gasteiger charge is -2.09. The van der Waals surface area contributed by atoms with E-state index in [1.54, 1.807) is 18.2 Å². The largest absolute Gasteiger partial charge is 0.489 e. The number of hydrogen-bond acceptors (Lipinski definition) is 4. The predicted octanol–water partition coefficient (Wildman–Crippen LogP) is 4.04. The molecule has 5 nitrogen and oxygen atoms in total. The fourth-order valence-corrected chi connectivity index (χ4v) is 2.85. The normalized spacial score (nSPS) is 10.5. The minimum Gasteiger partial charge on any atom is -0.489 e. The number of rotatable bonds is 4. The number of hydrogen-bond donors (Lipinski definition) is 1. The second kappa shape index (κ2) is 7.14. The third-order valence-corrected chi connectivity index (χ3v) is 4.18. The summed E-state index contributed by atoms with van der Waals surface area (Å²) in [6.07, 6.45) is 0. The van der Waals surface area contributed by atoms with Crippen LogP contribution in [-0.4, -0.2) is 9.97 Å². The summed E-state index contributed by atoms with van der Waals surface area (Å²) in [5, 5.41) is 9.54. The highest BCUT2D eigenvalue weighted by molar-refractivity contribution is 5.79. The summed E-state index contributed by atoms with van der Waals surface area (Å²) in [5.41, 5.74) is 2.76. The summed E-state index contributed by atoms with van der Waals surface area (Å²) >= 11 is 0. The topological polar surface area (TPSA) is 78.8 Å². The standard InChI is InChI=1S/C22H15N3O2/c23-13-15-5-3-6-16(11-15)14-27-18-8-4-7-17(12-18)21-24-20-10-2-1-9-19(20)22(26)25-21/h1-12H,14H2,(H,24,25,26). The summed E-state index contributed by atoms with van der Waals surface area (Å²) in [6.45, 7) is 0.348. The molecule has 0 fully saturated rings. The van der Waals surface area contributed by atoms with Gasteiger partial charge in [-0.25, -0.2) is 4.98 Å². The van der Waals surface area contributed by atoms with Crippen molar-refractivity contribution in [2.75, 3.05) is 0 Å². The molecule has 0 atom stereocenters. The summed E-state index contributed by atoms with van der Waals surface area (Å²) in [7, 11) is 0. The first-order valence-corrected chi connectivity index (χ1v) is 8.44.